The Labute approximate surface area is 90.2 Å². The van der Waals surface area contributed by atoms with Gasteiger partial charge < -0.3 is 10.5 Å². The predicted molar refractivity (Wildman–Crippen MR) is 59.5 cm³/mol. The van der Waals surface area contributed by atoms with E-state index in [1.165, 1.54) is 0 Å². The van der Waals surface area contributed by atoms with Gasteiger partial charge in [0.1, 0.15) is 0 Å². The van der Waals surface area contributed by atoms with Crippen molar-refractivity contribution in [2.75, 3.05) is 0 Å². The summed E-state index contributed by atoms with van der Waals surface area (Å²) >= 11 is 0. The molecule has 0 aliphatic carbocycles. The third-order valence-electron chi connectivity index (χ3n) is 2.28. The van der Waals surface area contributed by atoms with E-state index in [1.54, 1.807) is 12.1 Å². The van der Waals surface area contributed by atoms with Crippen LogP contribution in [-0.4, -0.2) is 12.1 Å². The van der Waals surface area contributed by atoms with E-state index in [0.29, 0.717) is 12.1 Å². The van der Waals surface area contributed by atoms with E-state index >= 15 is 0 Å². The minimum Gasteiger partial charge on any atom is -0.459 e. The molecule has 1 aromatic rings. The zero-order chi connectivity index (χ0) is 11.3. The number of rotatable bonds is 4. The van der Waals surface area contributed by atoms with E-state index in [1.807, 2.05) is 26.0 Å². The number of ether oxygens (including phenoxy) is 1. The normalized spacial score (nSPS) is 12.2. The van der Waals surface area contributed by atoms with Gasteiger partial charge in [-0.25, -0.2) is 4.79 Å². The van der Waals surface area contributed by atoms with Crippen LogP contribution in [0.25, 0.3) is 0 Å². The molecule has 0 spiro atoms. The van der Waals surface area contributed by atoms with Crippen molar-refractivity contribution in [2.45, 2.75) is 32.9 Å². The summed E-state index contributed by atoms with van der Waals surface area (Å²) in [6.45, 7) is 4.30. The van der Waals surface area contributed by atoms with Gasteiger partial charge in [-0.05, 0) is 31.0 Å². The molecule has 1 rings (SSSR count). The van der Waals surface area contributed by atoms with Crippen molar-refractivity contribution in [3.8, 4) is 0 Å². The molecule has 0 heterocycles. The van der Waals surface area contributed by atoms with E-state index in [4.69, 9.17) is 10.5 Å². The number of carbonyl (C=O) groups excluding carboxylic acids is 1. The molecule has 3 nitrogen and oxygen atoms in total. The van der Waals surface area contributed by atoms with Crippen LogP contribution < -0.4 is 5.73 Å². The Balaban J connectivity index is 2.73. The van der Waals surface area contributed by atoms with Crippen LogP contribution in [0.5, 0.6) is 0 Å². The second-order valence-corrected chi connectivity index (χ2v) is 3.53. The van der Waals surface area contributed by atoms with Crippen LogP contribution >= 0.6 is 0 Å². The second-order valence-electron chi connectivity index (χ2n) is 3.53. The molecule has 0 aliphatic rings. The van der Waals surface area contributed by atoms with Crippen LogP contribution in [0, 0.1) is 0 Å². The summed E-state index contributed by atoms with van der Waals surface area (Å²) in [6, 6.07) is 7.21. The largest absolute Gasteiger partial charge is 0.459 e. The first-order valence-corrected chi connectivity index (χ1v) is 5.17. The summed E-state index contributed by atoms with van der Waals surface area (Å²) in [5.41, 5.74) is 7.00. The van der Waals surface area contributed by atoms with Crippen molar-refractivity contribution in [3.05, 3.63) is 35.4 Å². The molecular weight excluding hydrogens is 190 g/mol. The van der Waals surface area contributed by atoms with Gasteiger partial charge in [-0.3, -0.25) is 0 Å². The number of benzene rings is 1. The summed E-state index contributed by atoms with van der Waals surface area (Å²) in [4.78, 5) is 11.6. The van der Waals surface area contributed by atoms with Crippen LogP contribution in [0.4, 0.5) is 0 Å². The zero-order valence-electron chi connectivity index (χ0n) is 9.19. The lowest BCUT2D eigenvalue weighted by atomic mass is 10.1. The Bertz CT molecular complexity index is 336. The van der Waals surface area contributed by atoms with Crippen molar-refractivity contribution in [1.82, 2.24) is 0 Å². The van der Waals surface area contributed by atoms with Gasteiger partial charge in [0.05, 0.1) is 11.7 Å². The van der Waals surface area contributed by atoms with Gasteiger partial charge in [0.2, 0.25) is 0 Å². The first-order valence-electron chi connectivity index (χ1n) is 5.17. The second kappa shape index (κ2) is 5.51. The van der Waals surface area contributed by atoms with Gasteiger partial charge in [0.15, 0.2) is 0 Å². The molecule has 3 heteroatoms. The van der Waals surface area contributed by atoms with Crippen molar-refractivity contribution < 1.29 is 9.53 Å². The molecule has 0 saturated heterocycles. The molecule has 15 heavy (non-hydrogen) atoms. The summed E-state index contributed by atoms with van der Waals surface area (Å²) in [5, 5.41) is 0. The molecule has 0 fully saturated rings. The average Bonchev–Trinajstić information content (AvgIpc) is 2.28. The van der Waals surface area contributed by atoms with Crippen molar-refractivity contribution in [3.63, 3.8) is 0 Å². The Morgan fingerprint density at radius 1 is 1.53 bits per heavy atom. The first-order chi connectivity index (χ1) is 7.17. The van der Waals surface area contributed by atoms with Gasteiger partial charge in [0, 0.05) is 6.54 Å². The van der Waals surface area contributed by atoms with E-state index in [9.17, 15) is 4.79 Å². The highest BCUT2D eigenvalue weighted by atomic mass is 16.5. The third kappa shape index (κ3) is 3.36. The summed E-state index contributed by atoms with van der Waals surface area (Å²) in [7, 11) is 0. The molecule has 1 atom stereocenters. The molecule has 1 unspecified atom stereocenters. The number of nitrogens with two attached hydrogens (primary N) is 1. The smallest absolute Gasteiger partial charge is 0.338 e. The third-order valence-corrected chi connectivity index (χ3v) is 2.28. The van der Waals surface area contributed by atoms with Crippen molar-refractivity contribution in [1.29, 1.82) is 0 Å². The first kappa shape index (κ1) is 11.7. The van der Waals surface area contributed by atoms with E-state index < -0.39 is 0 Å². The highest BCUT2D eigenvalue weighted by molar-refractivity contribution is 5.89. The van der Waals surface area contributed by atoms with E-state index in [0.717, 1.165) is 12.0 Å². The van der Waals surface area contributed by atoms with Gasteiger partial charge in [-0.15, -0.1) is 0 Å². The lowest BCUT2D eigenvalue weighted by Crippen LogP contribution is -2.14. The highest BCUT2D eigenvalue weighted by Crippen LogP contribution is 2.08. The lowest BCUT2D eigenvalue weighted by molar-refractivity contribution is 0.0334. The number of esters is 1. The maximum atomic E-state index is 11.6. The van der Waals surface area contributed by atoms with E-state index in [-0.39, 0.29) is 12.1 Å². The van der Waals surface area contributed by atoms with Gasteiger partial charge >= 0.3 is 5.97 Å². The molecule has 0 amide bonds. The Morgan fingerprint density at radius 3 is 2.87 bits per heavy atom. The fraction of sp³-hybridized carbons (Fsp3) is 0.417. The molecule has 1 aromatic carbocycles. The molecule has 0 aromatic heterocycles. The Morgan fingerprint density at radius 2 is 2.27 bits per heavy atom. The van der Waals surface area contributed by atoms with Crippen LogP contribution in [0.3, 0.4) is 0 Å². The van der Waals surface area contributed by atoms with Crippen LogP contribution in [0.1, 0.15) is 36.2 Å². The predicted octanol–water partition coefficient (Wildman–Crippen LogP) is 2.10. The van der Waals surface area contributed by atoms with Gasteiger partial charge in [0.25, 0.3) is 0 Å². The van der Waals surface area contributed by atoms with Gasteiger partial charge in [-0.2, -0.15) is 0 Å². The van der Waals surface area contributed by atoms with E-state index in [2.05, 4.69) is 0 Å². The molecule has 0 aliphatic heterocycles. The SMILES string of the molecule is CCC(C)OC(=O)c1cccc(CN)c1. The molecule has 82 valence electrons. The van der Waals surface area contributed by atoms with Crippen molar-refractivity contribution >= 4 is 5.97 Å². The number of hydrogen-bond donors (Lipinski definition) is 1. The monoisotopic (exact) mass is 207 g/mol. The molecule has 2 N–H and O–H groups in total. The lowest BCUT2D eigenvalue weighted by Gasteiger charge is -2.11. The van der Waals surface area contributed by atoms with Crippen LogP contribution in [0.2, 0.25) is 0 Å². The zero-order valence-corrected chi connectivity index (χ0v) is 9.19. The minimum atomic E-state index is -0.278. The maximum Gasteiger partial charge on any atom is 0.338 e. The van der Waals surface area contributed by atoms with Gasteiger partial charge in [-0.1, -0.05) is 19.1 Å². The summed E-state index contributed by atoms with van der Waals surface area (Å²) < 4.78 is 5.21. The average molecular weight is 207 g/mol. The van der Waals surface area contributed by atoms with Crippen molar-refractivity contribution in [2.24, 2.45) is 5.73 Å². The standard InChI is InChI=1S/C12H17NO2/c1-3-9(2)15-12(14)11-6-4-5-10(7-11)8-13/h4-7,9H,3,8,13H2,1-2H3. The fourth-order valence-electron chi connectivity index (χ4n) is 1.16. The fourth-order valence-corrected chi connectivity index (χ4v) is 1.16. The van der Waals surface area contributed by atoms with Crippen LogP contribution in [0.15, 0.2) is 24.3 Å². The Kier molecular flexibility index (Phi) is 4.31. The summed E-state index contributed by atoms with van der Waals surface area (Å²) in [6.07, 6.45) is 0.779. The number of carbonyl (C=O) groups is 1. The Hall–Kier alpha value is -1.35. The quantitative estimate of drug-likeness (QED) is 0.769. The number of hydrogen-bond acceptors (Lipinski definition) is 3. The van der Waals surface area contributed by atoms with Crippen LogP contribution in [-0.2, 0) is 11.3 Å². The molecule has 0 bridgehead atoms. The topological polar surface area (TPSA) is 52.3 Å². The molecular formula is C12H17NO2. The molecule has 0 saturated carbocycles. The highest BCUT2D eigenvalue weighted by Gasteiger charge is 2.10. The maximum absolute atomic E-state index is 11.6. The summed E-state index contributed by atoms with van der Waals surface area (Å²) in [5.74, 6) is -0.278. The molecule has 0 radical (unpaired) electrons. The minimum absolute atomic E-state index is 0.0426.